The van der Waals surface area contributed by atoms with E-state index < -0.39 is 0 Å². The molecule has 1 aromatic heterocycles. The van der Waals surface area contributed by atoms with E-state index in [4.69, 9.17) is 5.73 Å². The predicted octanol–water partition coefficient (Wildman–Crippen LogP) is 0.851. The Bertz CT molecular complexity index is 209. The molecular weight excluding hydrogens is 140 g/mol. The molecule has 62 valence electrons. The maximum atomic E-state index is 5.88. The van der Waals surface area contributed by atoms with Crippen molar-refractivity contribution < 1.29 is 0 Å². The van der Waals surface area contributed by atoms with Crippen LogP contribution in [0.5, 0.6) is 0 Å². The molecule has 0 aliphatic heterocycles. The number of hydrogen-bond donors (Lipinski definition) is 2. The van der Waals surface area contributed by atoms with Crippen LogP contribution in [0.4, 0.5) is 0 Å². The van der Waals surface area contributed by atoms with Crippen LogP contribution in [-0.2, 0) is 0 Å². The molecule has 0 fully saturated rings. The number of aromatic amines is 1. The van der Waals surface area contributed by atoms with Gasteiger partial charge in [0.25, 0.3) is 0 Å². The molecule has 0 saturated heterocycles. The van der Waals surface area contributed by atoms with Crippen molar-refractivity contribution in [1.29, 1.82) is 0 Å². The van der Waals surface area contributed by atoms with Crippen LogP contribution in [0.15, 0.2) is 6.33 Å². The van der Waals surface area contributed by atoms with E-state index in [1.165, 1.54) is 6.33 Å². The lowest BCUT2D eigenvalue weighted by atomic mass is 9.87. The summed E-state index contributed by atoms with van der Waals surface area (Å²) in [6, 6.07) is -0.0787. The van der Waals surface area contributed by atoms with E-state index in [0.717, 1.165) is 5.82 Å². The first-order chi connectivity index (χ1) is 5.02. The lowest BCUT2D eigenvalue weighted by molar-refractivity contribution is 0.316. The Morgan fingerprint density at radius 2 is 2.18 bits per heavy atom. The number of H-pyrrole nitrogens is 1. The Morgan fingerprint density at radius 3 is 2.55 bits per heavy atom. The Kier molecular flexibility index (Phi) is 1.95. The molecule has 0 bridgehead atoms. The van der Waals surface area contributed by atoms with E-state index in [2.05, 4.69) is 36.0 Å². The quantitative estimate of drug-likeness (QED) is 0.630. The van der Waals surface area contributed by atoms with Gasteiger partial charge in [0.05, 0.1) is 6.04 Å². The van der Waals surface area contributed by atoms with E-state index >= 15 is 0 Å². The molecule has 0 amide bonds. The lowest BCUT2D eigenvalue weighted by Crippen LogP contribution is -2.27. The monoisotopic (exact) mass is 154 g/mol. The zero-order valence-corrected chi connectivity index (χ0v) is 7.13. The molecule has 1 aromatic rings. The van der Waals surface area contributed by atoms with Crippen molar-refractivity contribution in [2.45, 2.75) is 26.8 Å². The molecule has 1 atom stereocenters. The molecule has 0 radical (unpaired) electrons. The normalized spacial score (nSPS) is 14.9. The minimum atomic E-state index is -0.0787. The predicted molar refractivity (Wildman–Crippen MR) is 42.8 cm³/mol. The number of rotatable bonds is 1. The highest BCUT2D eigenvalue weighted by molar-refractivity contribution is 4.95. The molecule has 4 heteroatoms. The summed E-state index contributed by atoms with van der Waals surface area (Å²) in [5.74, 6) is 0.748. The van der Waals surface area contributed by atoms with Crippen molar-refractivity contribution in [3.05, 3.63) is 12.2 Å². The summed E-state index contributed by atoms with van der Waals surface area (Å²) in [5.41, 5.74) is 5.91. The summed E-state index contributed by atoms with van der Waals surface area (Å²) in [4.78, 5) is 3.99. The van der Waals surface area contributed by atoms with Crippen molar-refractivity contribution in [2.75, 3.05) is 0 Å². The molecule has 11 heavy (non-hydrogen) atoms. The van der Waals surface area contributed by atoms with E-state index in [-0.39, 0.29) is 11.5 Å². The molecule has 1 unspecified atom stereocenters. The average molecular weight is 154 g/mol. The number of nitrogens with zero attached hydrogens (tertiary/aromatic N) is 2. The van der Waals surface area contributed by atoms with E-state index in [1.807, 2.05) is 0 Å². The SMILES string of the molecule is CC(C)(C)C(N)c1ncn[nH]1. The number of nitrogens with two attached hydrogens (primary N) is 1. The minimum absolute atomic E-state index is 0.0273. The van der Waals surface area contributed by atoms with Crippen LogP contribution in [0, 0.1) is 5.41 Å². The molecule has 1 heterocycles. The van der Waals surface area contributed by atoms with Gasteiger partial charge in [0.1, 0.15) is 12.2 Å². The van der Waals surface area contributed by atoms with Crippen LogP contribution in [0.25, 0.3) is 0 Å². The van der Waals surface area contributed by atoms with E-state index in [1.54, 1.807) is 0 Å². The first-order valence-electron chi connectivity index (χ1n) is 3.62. The maximum absolute atomic E-state index is 5.88. The van der Waals surface area contributed by atoms with Crippen molar-refractivity contribution in [3.8, 4) is 0 Å². The number of nitrogens with one attached hydrogen (secondary N) is 1. The van der Waals surface area contributed by atoms with Crippen molar-refractivity contribution in [2.24, 2.45) is 11.1 Å². The minimum Gasteiger partial charge on any atom is -0.321 e. The summed E-state index contributed by atoms with van der Waals surface area (Å²) in [7, 11) is 0. The van der Waals surface area contributed by atoms with Crippen LogP contribution in [0.2, 0.25) is 0 Å². The van der Waals surface area contributed by atoms with Gasteiger partial charge in [-0.1, -0.05) is 20.8 Å². The van der Waals surface area contributed by atoms with Crippen LogP contribution < -0.4 is 5.73 Å². The molecule has 0 aromatic carbocycles. The van der Waals surface area contributed by atoms with Gasteiger partial charge in [-0.3, -0.25) is 5.10 Å². The summed E-state index contributed by atoms with van der Waals surface area (Å²) in [5, 5.41) is 6.50. The standard InChI is InChI=1S/C7H14N4/c1-7(2,3)5(8)6-9-4-10-11-6/h4-5H,8H2,1-3H3,(H,9,10,11). The van der Waals surface area contributed by atoms with Gasteiger partial charge in [-0.2, -0.15) is 5.10 Å². The highest BCUT2D eigenvalue weighted by atomic mass is 15.2. The average Bonchev–Trinajstić information content (AvgIpc) is 2.34. The van der Waals surface area contributed by atoms with Crippen LogP contribution in [0.1, 0.15) is 32.6 Å². The van der Waals surface area contributed by atoms with Crippen LogP contribution in [-0.4, -0.2) is 15.2 Å². The van der Waals surface area contributed by atoms with Gasteiger partial charge in [0.15, 0.2) is 0 Å². The fourth-order valence-corrected chi connectivity index (χ4v) is 0.775. The topological polar surface area (TPSA) is 67.6 Å². The fraction of sp³-hybridized carbons (Fsp3) is 0.714. The Balaban J connectivity index is 2.78. The molecule has 0 aliphatic rings. The van der Waals surface area contributed by atoms with E-state index in [9.17, 15) is 0 Å². The largest absolute Gasteiger partial charge is 0.321 e. The Morgan fingerprint density at radius 1 is 1.55 bits per heavy atom. The first kappa shape index (κ1) is 8.20. The fourth-order valence-electron chi connectivity index (χ4n) is 0.775. The van der Waals surface area contributed by atoms with Crippen molar-refractivity contribution in [1.82, 2.24) is 15.2 Å². The van der Waals surface area contributed by atoms with Gasteiger partial charge in [0, 0.05) is 0 Å². The van der Waals surface area contributed by atoms with Gasteiger partial charge in [0.2, 0.25) is 0 Å². The van der Waals surface area contributed by atoms with E-state index in [0.29, 0.717) is 0 Å². The Labute approximate surface area is 66.2 Å². The summed E-state index contributed by atoms with van der Waals surface area (Å²) in [6.45, 7) is 6.21. The van der Waals surface area contributed by atoms with Crippen molar-refractivity contribution in [3.63, 3.8) is 0 Å². The Hall–Kier alpha value is -0.900. The second-order valence-electron chi connectivity index (χ2n) is 3.71. The summed E-state index contributed by atoms with van der Waals surface area (Å²) >= 11 is 0. The first-order valence-corrected chi connectivity index (χ1v) is 3.62. The molecule has 1 rings (SSSR count). The molecular formula is C7H14N4. The number of aromatic nitrogens is 3. The van der Waals surface area contributed by atoms with Gasteiger partial charge in [-0.25, -0.2) is 4.98 Å². The molecule has 0 aliphatic carbocycles. The van der Waals surface area contributed by atoms with Crippen molar-refractivity contribution >= 4 is 0 Å². The maximum Gasteiger partial charge on any atom is 0.141 e. The molecule has 0 saturated carbocycles. The third-order valence-corrected chi connectivity index (χ3v) is 1.66. The van der Waals surface area contributed by atoms with Gasteiger partial charge < -0.3 is 5.73 Å². The molecule has 0 spiro atoms. The van der Waals surface area contributed by atoms with Crippen LogP contribution in [0.3, 0.4) is 0 Å². The second kappa shape index (κ2) is 2.62. The number of hydrogen-bond acceptors (Lipinski definition) is 3. The summed E-state index contributed by atoms with van der Waals surface area (Å²) < 4.78 is 0. The molecule has 3 N–H and O–H groups in total. The highest BCUT2D eigenvalue weighted by Crippen LogP contribution is 2.27. The van der Waals surface area contributed by atoms with Gasteiger partial charge in [-0.15, -0.1) is 0 Å². The van der Waals surface area contributed by atoms with Crippen LogP contribution >= 0.6 is 0 Å². The lowest BCUT2D eigenvalue weighted by Gasteiger charge is -2.24. The smallest absolute Gasteiger partial charge is 0.141 e. The van der Waals surface area contributed by atoms with Gasteiger partial charge >= 0.3 is 0 Å². The third-order valence-electron chi connectivity index (χ3n) is 1.66. The zero-order valence-electron chi connectivity index (χ0n) is 7.13. The summed E-state index contributed by atoms with van der Waals surface area (Å²) in [6.07, 6.45) is 1.47. The third kappa shape index (κ3) is 1.77. The molecule has 4 nitrogen and oxygen atoms in total. The highest BCUT2D eigenvalue weighted by Gasteiger charge is 2.24. The second-order valence-corrected chi connectivity index (χ2v) is 3.71. The zero-order chi connectivity index (χ0) is 8.48. The van der Waals surface area contributed by atoms with Gasteiger partial charge in [-0.05, 0) is 5.41 Å².